The summed E-state index contributed by atoms with van der Waals surface area (Å²) in [7, 11) is 0. The fourth-order valence-corrected chi connectivity index (χ4v) is 3.46. The minimum absolute atomic E-state index is 0.139. The van der Waals surface area contributed by atoms with Crippen LogP contribution < -0.4 is 4.74 Å². The molecule has 0 N–H and O–H groups in total. The van der Waals surface area contributed by atoms with E-state index in [-0.39, 0.29) is 17.7 Å². The molecule has 0 radical (unpaired) electrons. The summed E-state index contributed by atoms with van der Waals surface area (Å²) in [6.07, 6.45) is 1.94. The van der Waals surface area contributed by atoms with Crippen molar-refractivity contribution in [1.29, 1.82) is 0 Å². The van der Waals surface area contributed by atoms with Gasteiger partial charge in [0.1, 0.15) is 18.3 Å². The van der Waals surface area contributed by atoms with Crippen LogP contribution in [0.3, 0.4) is 0 Å². The molecule has 2 aliphatic heterocycles. The van der Waals surface area contributed by atoms with Crippen LogP contribution in [0.1, 0.15) is 42.0 Å². The van der Waals surface area contributed by atoms with Gasteiger partial charge < -0.3 is 14.2 Å². The molecule has 0 saturated carbocycles. The van der Waals surface area contributed by atoms with Crippen molar-refractivity contribution in [2.45, 2.75) is 31.6 Å². The maximum atomic E-state index is 12.9. The van der Waals surface area contributed by atoms with E-state index in [9.17, 15) is 4.79 Å². The molecule has 1 saturated heterocycles. The Morgan fingerprint density at radius 3 is 3.04 bits per heavy atom. The summed E-state index contributed by atoms with van der Waals surface area (Å²) in [6.45, 7) is 3.65. The van der Waals surface area contributed by atoms with Crippen LogP contribution in [0, 0.1) is 6.92 Å². The molecule has 2 aliphatic rings. The van der Waals surface area contributed by atoms with E-state index in [4.69, 9.17) is 9.26 Å². The van der Waals surface area contributed by atoms with Crippen molar-refractivity contribution in [3.8, 4) is 5.75 Å². The number of benzene rings is 1. The van der Waals surface area contributed by atoms with Gasteiger partial charge >= 0.3 is 0 Å². The number of aromatic nitrogens is 2. The summed E-state index contributed by atoms with van der Waals surface area (Å²) in [4.78, 5) is 19.2. The highest BCUT2D eigenvalue weighted by Crippen LogP contribution is 2.36. The Morgan fingerprint density at radius 1 is 1.35 bits per heavy atom. The quantitative estimate of drug-likeness (QED) is 0.850. The molecule has 3 heterocycles. The average molecular weight is 313 g/mol. The van der Waals surface area contributed by atoms with Crippen LogP contribution in [0.5, 0.6) is 5.75 Å². The van der Waals surface area contributed by atoms with E-state index < -0.39 is 0 Å². The molecular weight excluding hydrogens is 294 g/mol. The first-order valence-corrected chi connectivity index (χ1v) is 8.03. The Kier molecular flexibility index (Phi) is 3.52. The topological polar surface area (TPSA) is 68.5 Å². The Balaban J connectivity index is 1.51. The van der Waals surface area contributed by atoms with E-state index in [1.807, 2.05) is 29.2 Å². The normalized spacial score (nSPS) is 23.4. The van der Waals surface area contributed by atoms with Crippen molar-refractivity contribution in [2.75, 3.05) is 19.7 Å². The molecule has 2 atom stereocenters. The number of nitrogens with zero attached hydrogens (tertiary/aromatic N) is 3. The fraction of sp³-hybridized carbons (Fsp3) is 0.471. The van der Waals surface area contributed by atoms with Gasteiger partial charge in [-0.1, -0.05) is 23.4 Å². The monoisotopic (exact) mass is 313 g/mol. The highest BCUT2D eigenvalue weighted by molar-refractivity contribution is 5.85. The number of piperidine rings is 1. The number of fused-ring (bicyclic) bond motifs is 1. The summed E-state index contributed by atoms with van der Waals surface area (Å²) in [5.41, 5.74) is 0.995. The van der Waals surface area contributed by atoms with Gasteiger partial charge in [0, 0.05) is 31.5 Å². The van der Waals surface area contributed by atoms with E-state index in [2.05, 4.69) is 10.1 Å². The Morgan fingerprint density at radius 2 is 2.22 bits per heavy atom. The maximum absolute atomic E-state index is 12.9. The van der Waals surface area contributed by atoms with Gasteiger partial charge in [0.15, 0.2) is 5.82 Å². The van der Waals surface area contributed by atoms with Gasteiger partial charge in [0.2, 0.25) is 11.8 Å². The lowest BCUT2D eigenvalue weighted by Crippen LogP contribution is -2.42. The maximum Gasteiger partial charge on any atom is 0.233 e. The Hall–Kier alpha value is -2.37. The van der Waals surface area contributed by atoms with Gasteiger partial charge in [-0.2, -0.15) is 4.98 Å². The van der Waals surface area contributed by atoms with Crippen molar-refractivity contribution >= 4 is 5.91 Å². The van der Waals surface area contributed by atoms with Gasteiger partial charge in [0.05, 0.1) is 0 Å². The molecule has 4 rings (SSSR count). The molecule has 1 fully saturated rings. The van der Waals surface area contributed by atoms with Crippen molar-refractivity contribution in [3.05, 3.63) is 41.5 Å². The van der Waals surface area contributed by atoms with Crippen molar-refractivity contribution < 1.29 is 14.1 Å². The molecule has 0 unspecified atom stereocenters. The summed E-state index contributed by atoms with van der Waals surface area (Å²) in [5.74, 6) is 2.21. The second kappa shape index (κ2) is 5.68. The molecule has 2 aromatic rings. The molecule has 0 aliphatic carbocycles. The Labute approximate surface area is 134 Å². The summed E-state index contributed by atoms with van der Waals surface area (Å²) >= 11 is 0. The van der Waals surface area contributed by atoms with Crippen LogP contribution in [0.2, 0.25) is 0 Å². The minimum atomic E-state index is -0.197. The number of carbonyl (C=O) groups is 1. The molecule has 1 aromatic heterocycles. The number of ether oxygens (including phenoxy) is 1. The van der Waals surface area contributed by atoms with Crippen molar-refractivity contribution in [3.63, 3.8) is 0 Å². The molecule has 1 amide bonds. The molecule has 6 heteroatoms. The van der Waals surface area contributed by atoms with Gasteiger partial charge in [-0.25, -0.2) is 0 Å². The lowest BCUT2D eigenvalue weighted by Gasteiger charge is -2.32. The third kappa shape index (κ3) is 2.58. The molecule has 1 aromatic carbocycles. The number of rotatable bonds is 2. The summed E-state index contributed by atoms with van der Waals surface area (Å²) < 4.78 is 10.7. The number of hydrogen-bond acceptors (Lipinski definition) is 5. The average Bonchev–Trinajstić information content (AvgIpc) is 3.20. The lowest BCUT2D eigenvalue weighted by atomic mass is 9.94. The molecule has 23 heavy (non-hydrogen) atoms. The van der Waals surface area contributed by atoms with Crippen LogP contribution in [-0.4, -0.2) is 40.6 Å². The van der Waals surface area contributed by atoms with Gasteiger partial charge in [-0.3, -0.25) is 4.79 Å². The summed E-state index contributed by atoms with van der Waals surface area (Å²) in [6, 6.07) is 7.79. The second-order valence-corrected chi connectivity index (χ2v) is 6.20. The Bertz CT molecular complexity index is 727. The fourth-order valence-electron chi connectivity index (χ4n) is 3.46. The SMILES string of the molecule is Cc1nc([C@@H]2CCCN(C(=O)[C@H]3COc4ccccc43)C2)no1. The largest absolute Gasteiger partial charge is 0.492 e. The van der Waals surface area contributed by atoms with Crippen LogP contribution >= 0.6 is 0 Å². The standard InChI is InChI=1S/C17H19N3O3/c1-11-18-16(19-23-11)12-5-4-8-20(9-12)17(21)14-10-22-15-7-3-2-6-13(14)15/h2-3,6-7,12,14H,4-5,8-10H2,1H3/t12-,14+/m1/s1. The number of aryl methyl sites for hydroxylation is 1. The first-order valence-electron chi connectivity index (χ1n) is 8.03. The minimum Gasteiger partial charge on any atom is -0.492 e. The lowest BCUT2D eigenvalue weighted by molar-refractivity contribution is -0.134. The highest BCUT2D eigenvalue weighted by atomic mass is 16.5. The van der Waals surface area contributed by atoms with Crippen LogP contribution in [0.15, 0.2) is 28.8 Å². The number of likely N-dealkylation sites (tertiary alicyclic amines) is 1. The molecule has 0 spiro atoms. The van der Waals surface area contributed by atoms with Gasteiger partial charge in [-0.05, 0) is 18.9 Å². The predicted molar refractivity (Wildman–Crippen MR) is 82.3 cm³/mol. The third-order valence-corrected chi connectivity index (χ3v) is 4.64. The van der Waals surface area contributed by atoms with Gasteiger partial charge in [-0.15, -0.1) is 0 Å². The van der Waals surface area contributed by atoms with Crippen LogP contribution in [0.25, 0.3) is 0 Å². The highest BCUT2D eigenvalue weighted by Gasteiger charge is 2.36. The summed E-state index contributed by atoms with van der Waals surface area (Å²) in [5, 5.41) is 4.02. The second-order valence-electron chi connectivity index (χ2n) is 6.20. The van der Waals surface area contributed by atoms with E-state index in [1.54, 1.807) is 6.92 Å². The van der Waals surface area contributed by atoms with Crippen LogP contribution in [0.4, 0.5) is 0 Å². The molecule has 0 bridgehead atoms. The zero-order valence-electron chi connectivity index (χ0n) is 13.1. The molecule has 120 valence electrons. The number of amides is 1. The zero-order chi connectivity index (χ0) is 15.8. The van der Waals surface area contributed by atoms with E-state index >= 15 is 0 Å². The molecule has 6 nitrogen and oxygen atoms in total. The van der Waals surface area contributed by atoms with E-state index in [0.29, 0.717) is 24.9 Å². The third-order valence-electron chi connectivity index (χ3n) is 4.64. The van der Waals surface area contributed by atoms with Crippen LogP contribution in [-0.2, 0) is 4.79 Å². The first kappa shape index (κ1) is 14.2. The zero-order valence-corrected chi connectivity index (χ0v) is 13.1. The number of para-hydroxylation sites is 1. The number of hydrogen-bond donors (Lipinski definition) is 0. The molecular formula is C17H19N3O3. The van der Waals surface area contributed by atoms with E-state index in [0.717, 1.165) is 30.7 Å². The van der Waals surface area contributed by atoms with E-state index in [1.165, 1.54) is 0 Å². The first-order chi connectivity index (χ1) is 11.2. The van der Waals surface area contributed by atoms with Gasteiger partial charge in [0.25, 0.3) is 0 Å². The number of carbonyl (C=O) groups excluding carboxylic acids is 1. The van der Waals surface area contributed by atoms with Crippen molar-refractivity contribution in [1.82, 2.24) is 15.0 Å². The van der Waals surface area contributed by atoms with Crippen molar-refractivity contribution in [2.24, 2.45) is 0 Å². The predicted octanol–water partition coefficient (Wildman–Crippen LogP) is 2.26. The smallest absolute Gasteiger partial charge is 0.233 e.